The molecule has 0 atom stereocenters. The highest BCUT2D eigenvalue weighted by Crippen LogP contribution is 2.29. The molecule has 0 N–H and O–H groups in total. The standard InChI is InChI=1S/C14H12Cl/c1-10-7-8-12(11(2)9-10)13-5-3-4-6-14(13)15/h3-5,7-9H,1-2H3. The second-order valence-corrected chi connectivity index (χ2v) is 4.09. The Hall–Kier alpha value is -1.27. The molecule has 1 heteroatoms. The average Bonchev–Trinajstić information content (AvgIpc) is 2.20. The van der Waals surface area contributed by atoms with Crippen molar-refractivity contribution in [2.24, 2.45) is 0 Å². The number of benzene rings is 2. The van der Waals surface area contributed by atoms with Crippen molar-refractivity contribution >= 4 is 11.6 Å². The number of aryl methyl sites for hydroxylation is 2. The SMILES string of the molecule is Cc1ccc(-c2ccc[c]c2Cl)c(C)c1. The first-order valence-electron chi connectivity index (χ1n) is 4.92. The van der Waals surface area contributed by atoms with Crippen molar-refractivity contribution in [1.82, 2.24) is 0 Å². The molecule has 2 aromatic carbocycles. The van der Waals surface area contributed by atoms with E-state index in [9.17, 15) is 0 Å². The van der Waals surface area contributed by atoms with Crippen LogP contribution in [-0.4, -0.2) is 0 Å². The van der Waals surface area contributed by atoms with E-state index in [1.54, 1.807) is 0 Å². The van der Waals surface area contributed by atoms with E-state index in [0.29, 0.717) is 5.02 Å². The maximum atomic E-state index is 6.11. The van der Waals surface area contributed by atoms with Crippen LogP contribution in [0.2, 0.25) is 5.02 Å². The zero-order valence-electron chi connectivity index (χ0n) is 8.84. The summed E-state index contributed by atoms with van der Waals surface area (Å²) in [7, 11) is 0. The van der Waals surface area contributed by atoms with Gasteiger partial charge in [0.1, 0.15) is 0 Å². The summed E-state index contributed by atoms with van der Waals surface area (Å²) in [6, 6.07) is 15.2. The molecule has 2 rings (SSSR count). The summed E-state index contributed by atoms with van der Waals surface area (Å²) in [6.45, 7) is 4.20. The van der Waals surface area contributed by atoms with E-state index >= 15 is 0 Å². The van der Waals surface area contributed by atoms with E-state index in [4.69, 9.17) is 11.6 Å². The zero-order chi connectivity index (χ0) is 10.8. The third-order valence-corrected chi connectivity index (χ3v) is 2.79. The van der Waals surface area contributed by atoms with Crippen LogP contribution < -0.4 is 0 Å². The summed E-state index contributed by atoms with van der Waals surface area (Å²) in [5, 5.41) is 0.685. The van der Waals surface area contributed by atoms with Gasteiger partial charge in [0.05, 0.1) is 5.02 Å². The summed E-state index contributed by atoms with van der Waals surface area (Å²) in [5.74, 6) is 0. The topological polar surface area (TPSA) is 0 Å². The van der Waals surface area contributed by atoms with Gasteiger partial charge in [-0.15, -0.1) is 0 Å². The molecule has 0 aromatic heterocycles. The van der Waals surface area contributed by atoms with E-state index in [0.717, 1.165) is 5.56 Å². The van der Waals surface area contributed by atoms with Crippen molar-refractivity contribution < 1.29 is 0 Å². The first-order valence-corrected chi connectivity index (χ1v) is 5.30. The normalized spacial score (nSPS) is 10.3. The van der Waals surface area contributed by atoms with Crippen LogP contribution in [0.25, 0.3) is 11.1 Å². The number of hydrogen-bond acceptors (Lipinski definition) is 0. The molecule has 0 unspecified atom stereocenters. The van der Waals surface area contributed by atoms with Crippen LogP contribution in [-0.2, 0) is 0 Å². The van der Waals surface area contributed by atoms with Crippen molar-refractivity contribution in [3.8, 4) is 11.1 Å². The third kappa shape index (κ3) is 2.05. The van der Waals surface area contributed by atoms with Gasteiger partial charge in [0.2, 0.25) is 0 Å². The molecule has 1 radical (unpaired) electrons. The number of rotatable bonds is 1. The molecule has 0 saturated carbocycles. The van der Waals surface area contributed by atoms with Gasteiger partial charge < -0.3 is 0 Å². The Morgan fingerprint density at radius 3 is 2.53 bits per heavy atom. The maximum Gasteiger partial charge on any atom is 0.0563 e. The lowest BCUT2D eigenvalue weighted by atomic mass is 9.99. The molecule has 2 aromatic rings. The Morgan fingerprint density at radius 2 is 1.87 bits per heavy atom. The molecule has 0 aliphatic rings. The molecule has 0 bridgehead atoms. The van der Waals surface area contributed by atoms with E-state index in [1.807, 2.05) is 18.2 Å². The summed E-state index contributed by atoms with van der Waals surface area (Å²) in [5.41, 5.74) is 4.75. The van der Waals surface area contributed by atoms with Crippen LogP contribution in [0.15, 0.2) is 36.4 Å². The minimum atomic E-state index is 0.685. The minimum Gasteiger partial charge on any atom is -0.0830 e. The summed E-state index contributed by atoms with van der Waals surface area (Å²) in [4.78, 5) is 0. The van der Waals surface area contributed by atoms with Crippen LogP contribution in [0, 0.1) is 19.9 Å². The first kappa shape index (κ1) is 10.3. The van der Waals surface area contributed by atoms with E-state index in [-0.39, 0.29) is 0 Å². The van der Waals surface area contributed by atoms with Crippen LogP contribution in [0.5, 0.6) is 0 Å². The van der Waals surface area contributed by atoms with Crippen LogP contribution in [0.3, 0.4) is 0 Å². The molecule has 0 saturated heterocycles. The van der Waals surface area contributed by atoms with Crippen molar-refractivity contribution in [3.05, 3.63) is 58.6 Å². The van der Waals surface area contributed by atoms with Crippen molar-refractivity contribution in [2.45, 2.75) is 13.8 Å². The van der Waals surface area contributed by atoms with Gasteiger partial charge in [-0.2, -0.15) is 0 Å². The Balaban J connectivity index is 2.60. The Morgan fingerprint density at radius 1 is 1.07 bits per heavy atom. The van der Waals surface area contributed by atoms with E-state index < -0.39 is 0 Å². The highest BCUT2D eigenvalue weighted by molar-refractivity contribution is 6.33. The lowest BCUT2D eigenvalue weighted by molar-refractivity contribution is 1.38. The molecular weight excluding hydrogens is 204 g/mol. The van der Waals surface area contributed by atoms with E-state index in [2.05, 4.69) is 38.1 Å². The summed E-state index contributed by atoms with van der Waals surface area (Å²) < 4.78 is 0. The third-order valence-electron chi connectivity index (χ3n) is 2.48. The first-order chi connectivity index (χ1) is 7.18. The second-order valence-electron chi connectivity index (χ2n) is 3.72. The smallest absolute Gasteiger partial charge is 0.0563 e. The fourth-order valence-electron chi connectivity index (χ4n) is 1.74. The minimum absolute atomic E-state index is 0.685. The van der Waals surface area contributed by atoms with Gasteiger partial charge in [0, 0.05) is 11.6 Å². The van der Waals surface area contributed by atoms with Crippen molar-refractivity contribution in [3.63, 3.8) is 0 Å². The molecule has 15 heavy (non-hydrogen) atoms. The Kier molecular flexibility index (Phi) is 2.79. The lowest BCUT2D eigenvalue weighted by Crippen LogP contribution is -1.85. The average molecular weight is 216 g/mol. The quantitative estimate of drug-likeness (QED) is 0.661. The molecule has 0 aliphatic heterocycles. The number of hydrogen-bond donors (Lipinski definition) is 0. The molecule has 0 heterocycles. The van der Waals surface area contributed by atoms with E-state index in [1.165, 1.54) is 16.7 Å². The Labute approximate surface area is 95.5 Å². The van der Waals surface area contributed by atoms with Gasteiger partial charge in [-0.1, -0.05) is 53.6 Å². The monoisotopic (exact) mass is 215 g/mol. The Bertz CT molecular complexity index is 486. The highest BCUT2D eigenvalue weighted by Gasteiger charge is 2.05. The molecule has 0 aliphatic carbocycles. The molecular formula is C14H12Cl. The largest absolute Gasteiger partial charge is 0.0830 e. The van der Waals surface area contributed by atoms with Crippen LogP contribution in [0.4, 0.5) is 0 Å². The summed E-state index contributed by atoms with van der Waals surface area (Å²) in [6.07, 6.45) is 0. The second kappa shape index (κ2) is 4.08. The van der Waals surface area contributed by atoms with Gasteiger partial charge in [-0.3, -0.25) is 0 Å². The van der Waals surface area contributed by atoms with Crippen molar-refractivity contribution in [2.75, 3.05) is 0 Å². The predicted molar refractivity (Wildman–Crippen MR) is 65.2 cm³/mol. The fourth-order valence-corrected chi connectivity index (χ4v) is 1.97. The van der Waals surface area contributed by atoms with Crippen LogP contribution in [0.1, 0.15) is 11.1 Å². The molecule has 0 spiro atoms. The van der Waals surface area contributed by atoms with Gasteiger partial charge in [-0.25, -0.2) is 0 Å². The van der Waals surface area contributed by atoms with Gasteiger partial charge >= 0.3 is 0 Å². The summed E-state index contributed by atoms with van der Waals surface area (Å²) >= 11 is 6.11. The van der Waals surface area contributed by atoms with Crippen LogP contribution >= 0.6 is 11.6 Å². The number of halogens is 1. The lowest BCUT2D eigenvalue weighted by Gasteiger charge is -2.08. The van der Waals surface area contributed by atoms with Crippen molar-refractivity contribution in [1.29, 1.82) is 0 Å². The van der Waals surface area contributed by atoms with Gasteiger partial charge in [0.25, 0.3) is 0 Å². The predicted octanol–water partition coefficient (Wildman–Crippen LogP) is 4.42. The molecule has 0 fully saturated rings. The maximum absolute atomic E-state index is 6.11. The van der Waals surface area contributed by atoms with Gasteiger partial charge in [-0.05, 0) is 25.0 Å². The molecule has 0 nitrogen and oxygen atoms in total. The molecule has 75 valence electrons. The van der Waals surface area contributed by atoms with Gasteiger partial charge in [0.15, 0.2) is 0 Å². The fraction of sp³-hybridized carbons (Fsp3) is 0.143. The molecule has 0 amide bonds. The zero-order valence-corrected chi connectivity index (χ0v) is 9.60. The highest BCUT2D eigenvalue weighted by atomic mass is 35.5.